The van der Waals surface area contributed by atoms with Gasteiger partial charge >= 0.3 is 6.18 Å². The molecule has 0 fully saturated rings. The summed E-state index contributed by atoms with van der Waals surface area (Å²) in [4.78, 5) is 22.6. The van der Waals surface area contributed by atoms with Crippen LogP contribution in [-0.4, -0.2) is 33.0 Å². The van der Waals surface area contributed by atoms with E-state index in [0.717, 1.165) is 17.0 Å². The molecule has 0 amide bonds. The van der Waals surface area contributed by atoms with E-state index in [0.29, 0.717) is 11.0 Å². The zero-order chi connectivity index (χ0) is 26.5. The van der Waals surface area contributed by atoms with E-state index in [1.54, 1.807) is 6.20 Å². The summed E-state index contributed by atoms with van der Waals surface area (Å²) in [6.07, 6.45) is -0.156. The van der Waals surface area contributed by atoms with Crippen molar-refractivity contribution in [3.8, 4) is 11.5 Å². The van der Waals surface area contributed by atoms with Gasteiger partial charge in [-0.2, -0.15) is 13.2 Å². The molecular formula is C19H13Cl3F3N7O3S. The normalized spacial score (nSPS) is 11.7. The molecule has 0 unspecified atom stereocenters. The summed E-state index contributed by atoms with van der Waals surface area (Å²) in [5, 5.41) is 18.1. The molecule has 4 aromatic rings. The molecule has 4 rings (SSSR count). The minimum atomic E-state index is -4.45. The van der Waals surface area contributed by atoms with Crippen LogP contribution >= 0.6 is 46.1 Å². The third kappa shape index (κ3) is 7.16. The van der Waals surface area contributed by atoms with E-state index in [9.17, 15) is 23.3 Å². The van der Waals surface area contributed by atoms with Crippen molar-refractivity contribution in [3.05, 3.63) is 71.9 Å². The highest BCUT2D eigenvalue weighted by Crippen LogP contribution is 2.36. The topological polar surface area (TPSA) is 131 Å². The lowest BCUT2D eigenvalue weighted by atomic mass is 10.2. The summed E-state index contributed by atoms with van der Waals surface area (Å²) in [6, 6.07) is 3.04. The first kappa shape index (κ1) is 27.4. The number of nitrogens with zero attached hydrogens (tertiary/aromatic N) is 5. The Morgan fingerprint density at radius 1 is 1.22 bits per heavy atom. The number of aromatic nitrogens is 3. The number of alkyl halides is 3. The van der Waals surface area contributed by atoms with Gasteiger partial charge in [-0.05, 0) is 18.2 Å². The van der Waals surface area contributed by atoms with E-state index in [-0.39, 0.29) is 38.6 Å². The second kappa shape index (κ2) is 11.7. The maximum Gasteiger partial charge on any atom is 0.416 e. The molecule has 0 aliphatic rings. The molecule has 0 atom stereocenters. The van der Waals surface area contributed by atoms with Gasteiger partial charge in [0.15, 0.2) is 15.1 Å². The maximum absolute atomic E-state index is 12.7. The Labute approximate surface area is 219 Å². The first-order chi connectivity index (χ1) is 17.0. The number of hydrogen-bond acceptors (Lipinski definition) is 7. The summed E-state index contributed by atoms with van der Waals surface area (Å²) in [6.45, 7) is 0.387. The smallest absolute Gasteiger partial charge is 0.416 e. The number of thiazole rings is 1. The third-order valence-corrected chi connectivity index (χ3v) is 5.84. The van der Waals surface area contributed by atoms with Gasteiger partial charge in [0.05, 0.1) is 27.7 Å². The lowest BCUT2D eigenvalue weighted by Gasteiger charge is -2.04. The zero-order valence-corrected chi connectivity index (χ0v) is 20.9. The fourth-order valence-corrected chi connectivity index (χ4v) is 4.06. The summed E-state index contributed by atoms with van der Waals surface area (Å²) in [5.74, 6) is 0.131. The van der Waals surface area contributed by atoms with E-state index in [2.05, 4.69) is 30.7 Å². The number of fused-ring (bicyclic) bond motifs is 1. The van der Waals surface area contributed by atoms with Crippen molar-refractivity contribution in [2.75, 3.05) is 7.05 Å². The molecule has 0 aliphatic heterocycles. The lowest BCUT2D eigenvalue weighted by Crippen LogP contribution is -2.34. The number of nitrogens with one attached hydrogen (secondary N) is 2. The van der Waals surface area contributed by atoms with Crippen molar-refractivity contribution in [1.29, 1.82) is 0 Å². The van der Waals surface area contributed by atoms with Crippen LogP contribution in [0, 0.1) is 10.1 Å². The summed E-state index contributed by atoms with van der Waals surface area (Å²) < 4.78 is 43.8. The van der Waals surface area contributed by atoms with E-state index in [1.807, 2.05) is 0 Å². The average Bonchev–Trinajstić information content (AvgIpc) is 3.41. The van der Waals surface area contributed by atoms with Gasteiger partial charge in [-0.3, -0.25) is 4.98 Å². The van der Waals surface area contributed by atoms with Gasteiger partial charge in [-0.15, -0.1) is 11.3 Å². The minimum Gasteiger partial charge on any atom is -0.436 e. The molecule has 3 heterocycles. The van der Waals surface area contributed by atoms with E-state index in [1.165, 1.54) is 36.8 Å². The van der Waals surface area contributed by atoms with Crippen LogP contribution in [0.3, 0.4) is 0 Å². The van der Waals surface area contributed by atoms with Gasteiger partial charge in [0.25, 0.3) is 5.96 Å². The number of rotatable bonds is 4. The molecule has 2 N–H and O–H groups in total. The Balaban J connectivity index is 0.000000214. The van der Waals surface area contributed by atoms with Crippen LogP contribution in [0.15, 0.2) is 46.3 Å². The lowest BCUT2D eigenvalue weighted by molar-refractivity contribution is -0.485. The number of halogens is 6. The minimum absolute atomic E-state index is 0.0433. The van der Waals surface area contributed by atoms with Crippen molar-refractivity contribution in [2.45, 2.75) is 12.7 Å². The molecule has 3 aromatic heterocycles. The summed E-state index contributed by atoms with van der Waals surface area (Å²) in [5.41, 5.74) is -0.231. The molecular weight excluding hydrogens is 570 g/mol. The zero-order valence-electron chi connectivity index (χ0n) is 17.8. The first-order valence-electron chi connectivity index (χ1n) is 9.50. The van der Waals surface area contributed by atoms with E-state index >= 15 is 0 Å². The van der Waals surface area contributed by atoms with Crippen LogP contribution in [0.1, 0.15) is 10.4 Å². The molecule has 0 aliphatic carbocycles. The van der Waals surface area contributed by atoms with Crippen molar-refractivity contribution in [3.63, 3.8) is 0 Å². The molecule has 0 saturated carbocycles. The van der Waals surface area contributed by atoms with Crippen LogP contribution in [0.4, 0.5) is 13.2 Å². The number of benzene rings is 1. The van der Waals surface area contributed by atoms with Crippen LogP contribution in [0.5, 0.6) is 0 Å². The number of guanidine groups is 1. The number of nitro groups is 1. The summed E-state index contributed by atoms with van der Waals surface area (Å²) >= 11 is 18.9. The monoisotopic (exact) mass is 581 g/mol. The predicted molar refractivity (Wildman–Crippen MR) is 130 cm³/mol. The van der Waals surface area contributed by atoms with Crippen LogP contribution < -0.4 is 10.6 Å². The highest BCUT2D eigenvalue weighted by molar-refractivity contribution is 7.15. The Morgan fingerprint density at radius 2 is 1.92 bits per heavy atom. The molecule has 0 saturated heterocycles. The van der Waals surface area contributed by atoms with Gasteiger partial charge < -0.3 is 15.1 Å². The van der Waals surface area contributed by atoms with Gasteiger partial charge in [-0.1, -0.05) is 34.8 Å². The molecule has 0 radical (unpaired) electrons. The van der Waals surface area contributed by atoms with Crippen LogP contribution in [0.2, 0.25) is 14.5 Å². The molecule has 190 valence electrons. The van der Waals surface area contributed by atoms with Crippen LogP contribution in [0.25, 0.3) is 22.6 Å². The van der Waals surface area contributed by atoms with Gasteiger partial charge in [0, 0.05) is 30.5 Å². The Morgan fingerprint density at radius 3 is 2.47 bits per heavy atom. The molecule has 0 bridgehead atoms. The number of pyridine rings is 1. The fourth-order valence-electron chi connectivity index (χ4n) is 2.62. The quantitative estimate of drug-likeness (QED) is 0.132. The molecule has 0 spiro atoms. The predicted octanol–water partition coefficient (Wildman–Crippen LogP) is 5.87. The average molecular weight is 583 g/mol. The Hall–Kier alpha value is -3.20. The van der Waals surface area contributed by atoms with Gasteiger partial charge in [0.2, 0.25) is 5.89 Å². The SMILES string of the molecule is CN/C(=N\[N+](=O)[O-])NCc1cnc(Cl)s1.FC(F)(F)c1ccc2oc(-c3c(Cl)cncc3Cl)nc2c1. The number of oxazole rings is 1. The van der Waals surface area contributed by atoms with Crippen molar-refractivity contribution >= 4 is 63.2 Å². The first-order valence-corrected chi connectivity index (χ1v) is 11.4. The molecule has 10 nitrogen and oxygen atoms in total. The largest absolute Gasteiger partial charge is 0.436 e. The highest BCUT2D eigenvalue weighted by atomic mass is 35.5. The van der Waals surface area contributed by atoms with E-state index < -0.39 is 16.8 Å². The second-order valence-electron chi connectivity index (χ2n) is 6.55. The molecule has 17 heteroatoms. The van der Waals surface area contributed by atoms with Gasteiger partial charge in [-0.25, -0.2) is 20.1 Å². The molecule has 1 aromatic carbocycles. The number of hydrogen-bond donors (Lipinski definition) is 2. The van der Waals surface area contributed by atoms with Gasteiger partial charge in [0.1, 0.15) is 10.6 Å². The fraction of sp³-hybridized carbons (Fsp3) is 0.158. The van der Waals surface area contributed by atoms with Crippen molar-refractivity contribution in [1.82, 2.24) is 25.6 Å². The maximum atomic E-state index is 12.7. The Kier molecular flexibility index (Phi) is 8.89. The standard InChI is InChI=1S/C13H5Cl2F3N2O.C6H8ClN5O2S/c14-7-4-19-5-8(15)11(7)12-20-9-3-6(13(16,17)18)1-2-10(9)21-12;1-8-6(11-12(13)14)10-3-4-2-9-5(7)15-4/h1-5H;2H,3H2,1H3,(H2,8,10,11). The second-order valence-corrected chi connectivity index (χ2v) is 9.06. The molecule has 36 heavy (non-hydrogen) atoms. The number of hydrazone groups is 1. The highest BCUT2D eigenvalue weighted by Gasteiger charge is 2.31. The van der Waals surface area contributed by atoms with Crippen LogP contribution in [-0.2, 0) is 12.7 Å². The Bertz CT molecular complexity index is 1390. The van der Waals surface area contributed by atoms with Crippen molar-refractivity contribution < 1.29 is 22.6 Å². The van der Waals surface area contributed by atoms with Crippen molar-refractivity contribution in [2.24, 2.45) is 5.10 Å². The summed E-state index contributed by atoms with van der Waals surface area (Å²) in [7, 11) is 1.54. The van der Waals surface area contributed by atoms with E-state index in [4.69, 9.17) is 39.2 Å². The third-order valence-electron chi connectivity index (χ3n) is 4.16.